The SMILES string of the molecule is CCn1nc(O[C@@H]2C[C@H]3C(=O)C[C@]4(C(=O)NS(=O)(=O)C5CC5)C[C@H]4/C=C\CC[C@H](C)C[C@@H](C)[C@H](CC(=O)OC(C)(C)C(F)(F)F)C(=O)N3C2)c2ccccc2c1=O. The minimum Gasteiger partial charge on any atom is -0.471 e. The molecule has 2 aromatic rings. The van der Waals surface area contributed by atoms with Crippen LogP contribution in [-0.2, 0) is 40.5 Å². The van der Waals surface area contributed by atoms with Crippen LogP contribution in [-0.4, -0.2) is 82.4 Å². The number of amides is 2. The van der Waals surface area contributed by atoms with Crippen LogP contribution in [0.2, 0.25) is 0 Å². The van der Waals surface area contributed by atoms with Gasteiger partial charge in [-0.25, -0.2) is 13.1 Å². The number of fused-ring (bicyclic) bond motifs is 3. The number of ketones is 1. The second-order valence-electron chi connectivity index (χ2n) is 16.9. The maximum atomic E-state index is 14.8. The fourth-order valence-electron chi connectivity index (χ4n) is 8.21. The molecule has 1 aromatic heterocycles. The Morgan fingerprint density at radius 1 is 1.04 bits per heavy atom. The van der Waals surface area contributed by atoms with Gasteiger partial charge in [0.2, 0.25) is 33.3 Å². The van der Waals surface area contributed by atoms with Crippen molar-refractivity contribution in [2.45, 2.75) is 128 Å². The van der Waals surface area contributed by atoms with Gasteiger partial charge in [-0.3, -0.25) is 28.7 Å². The zero-order chi connectivity index (χ0) is 41.7. The van der Waals surface area contributed by atoms with E-state index in [0.717, 1.165) is 13.8 Å². The lowest BCUT2D eigenvalue weighted by Gasteiger charge is -2.33. The number of hydrogen-bond acceptors (Lipinski definition) is 10. The molecule has 17 heteroatoms. The number of sulfonamides is 1. The quantitative estimate of drug-likeness (QED) is 0.261. The number of carbonyl (C=O) groups is 4. The van der Waals surface area contributed by atoms with Gasteiger partial charge in [-0.1, -0.05) is 38.1 Å². The Morgan fingerprint density at radius 2 is 1.72 bits per heavy atom. The van der Waals surface area contributed by atoms with E-state index in [4.69, 9.17) is 9.47 Å². The van der Waals surface area contributed by atoms with Crippen molar-refractivity contribution in [3.05, 3.63) is 46.8 Å². The number of nitrogens with zero attached hydrogens (tertiary/aromatic N) is 3. The molecular formula is C40H51F3N4O9S. The molecule has 1 aromatic carbocycles. The lowest BCUT2D eigenvalue weighted by Crippen LogP contribution is -2.48. The Labute approximate surface area is 329 Å². The van der Waals surface area contributed by atoms with Gasteiger partial charge >= 0.3 is 12.1 Å². The van der Waals surface area contributed by atoms with E-state index in [1.54, 1.807) is 38.1 Å². The summed E-state index contributed by atoms with van der Waals surface area (Å²) in [5.41, 5.74) is -4.55. The topological polar surface area (TPSA) is 171 Å². The molecule has 1 saturated heterocycles. The lowest BCUT2D eigenvalue weighted by atomic mass is 9.82. The van der Waals surface area contributed by atoms with Crippen LogP contribution in [0.5, 0.6) is 5.88 Å². The smallest absolute Gasteiger partial charge is 0.427 e. The molecule has 0 unspecified atom stereocenters. The molecule has 1 N–H and O–H groups in total. The predicted molar refractivity (Wildman–Crippen MR) is 202 cm³/mol. The number of rotatable bonds is 9. The van der Waals surface area contributed by atoms with Crippen molar-refractivity contribution in [3.8, 4) is 5.88 Å². The Bertz CT molecular complexity index is 2120. The van der Waals surface area contributed by atoms with Gasteiger partial charge in [0.1, 0.15) is 6.10 Å². The Hall–Kier alpha value is -4.28. The van der Waals surface area contributed by atoms with Crippen LogP contribution in [0.15, 0.2) is 41.2 Å². The van der Waals surface area contributed by atoms with Crippen molar-refractivity contribution < 1.29 is 50.2 Å². The summed E-state index contributed by atoms with van der Waals surface area (Å²) in [6, 6.07) is 5.49. The fourth-order valence-corrected chi connectivity index (χ4v) is 9.60. The second kappa shape index (κ2) is 15.8. The lowest BCUT2D eigenvalue weighted by molar-refractivity contribution is -0.257. The Balaban J connectivity index is 1.37. The summed E-state index contributed by atoms with van der Waals surface area (Å²) in [5.74, 6) is -5.25. The molecule has 4 aliphatic rings. The summed E-state index contributed by atoms with van der Waals surface area (Å²) in [6.07, 6.45) is -0.430. The molecule has 2 saturated carbocycles. The minimum atomic E-state index is -4.88. The molecule has 0 spiro atoms. The normalized spacial score (nSPS) is 29.4. The molecule has 312 valence electrons. The molecule has 2 amide bonds. The number of benzene rings is 1. The van der Waals surface area contributed by atoms with E-state index in [2.05, 4.69) is 9.82 Å². The highest BCUT2D eigenvalue weighted by molar-refractivity contribution is 7.90. The van der Waals surface area contributed by atoms with Gasteiger partial charge in [0.15, 0.2) is 5.78 Å². The molecule has 7 atom stereocenters. The maximum absolute atomic E-state index is 14.8. The van der Waals surface area contributed by atoms with Crippen LogP contribution < -0.4 is 15.0 Å². The van der Waals surface area contributed by atoms with Gasteiger partial charge in [-0.2, -0.15) is 13.2 Å². The largest absolute Gasteiger partial charge is 0.471 e. The third kappa shape index (κ3) is 8.92. The summed E-state index contributed by atoms with van der Waals surface area (Å²) in [7, 11) is -3.95. The van der Waals surface area contributed by atoms with Gasteiger partial charge in [-0.15, -0.1) is 5.10 Å². The monoisotopic (exact) mass is 820 g/mol. The van der Waals surface area contributed by atoms with E-state index in [0.29, 0.717) is 42.9 Å². The third-order valence-electron chi connectivity index (χ3n) is 12.0. The molecule has 2 aliphatic carbocycles. The Kier molecular flexibility index (Phi) is 11.7. The number of esters is 1. The third-order valence-corrected chi connectivity index (χ3v) is 13.8. The summed E-state index contributed by atoms with van der Waals surface area (Å²) in [4.78, 5) is 70.8. The van der Waals surface area contributed by atoms with E-state index >= 15 is 0 Å². The average Bonchev–Trinajstić information content (AvgIpc) is 4.06. The van der Waals surface area contributed by atoms with Crippen LogP contribution in [0, 0.1) is 29.1 Å². The van der Waals surface area contributed by atoms with Gasteiger partial charge in [-0.05, 0) is 89.2 Å². The van der Waals surface area contributed by atoms with Crippen molar-refractivity contribution in [3.63, 3.8) is 0 Å². The van der Waals surface area contributed by atoms with E-state index in [-0.39, 0.29) is 43.3 Å². The number of aromatic nitrogens is 2. The number of halogens is 3. The second-order valence-corrected chi connectivity index (χ2v) is 18.8. The summed E-state index contributed by atoms with van der Waals surface area (Å²) < 4.78 is 81.8. The summed E-state index contributed by atoms with van der Waals surface area (Å²) in [6.45, 7) is 6.95. The number of alkyl halides is 3. The number of carbonyl (C=O) groups excluding carboxylic acids is 4. The first-order valence-corrected chi connectivity index (χ1v) is 21.2. The number of ether oxygens (including phenoxy) is 2. The van der Waals surface area contributed by atoms with Gasteiger partial charge in [0.25, 0.3) is 5.56 Å². The molecule has 57 heavy (non-hydrogen) atoms. The zero-order valence-corrected chi connectivity index (χ0v) is 33.7. The van der Waals surface area contributed by atoms with Crippen molar-refractivity contribution in [1.82, 2.24) is 19.4 Å². The van der Waals surface area contributed by atoms with Crippen molar-refractivity contribution in [2.75, 3.05) is 6.54 Å². The first-order chi connectivity index (χ1) is 26.7. The summed E-state index contributed by atoms with van der Waals surface area (Å²) in [5, 5.41) is 4.49. The molecule has 13 nitrogen and oxygen atoms in total. The molecule has 0 bridgehead atoms. The van der Waals surface area contributed by atoms with Gasteiger partial charge < -0.3 is 14.4 Å². The first-order valence-electron chi connectivity index (χ1n) is 19.7. The van der Waals surface area contributed by atoms with Gasteiger partial charge in [0, 0.05) is 19.4 Å². The highest BCUT2D eigenvalue weighted by Crippen LogP contribution is 2.57. The van der Waals surface area contributed by atoms with Crippen molar-refractivity contribution in [2.24, 2.45) is 29.1 Å². The first kappa shape index (κ1) is 42.3. The van der Waals surface area contributed by atoms with Crippen LogP contribution in [0.1, 0.15) is 92.4 Å². The average molecular weight is 821 g/mol. The number of Topliss-reactive ketones (excluding diaryl/α,β-unsaturated/α-hetero) is 1. The standard InChI is InChI=1S/C40H51F3N4O9S/c1-6-47-36(51)29-14-10-9-13-28(29)34(44-47)55-26-18-31-32(48)21-39(37(52)45-57(53,54)27-15-16-27)20-25(39)12-8-7-11-23(2)17-24(3)30(35(50)46(31)22-26)19-33(49)56-38(4,5)40(41,42)43/h8-10,12-14,23-27,30-31H,6-7,11,15-22H2,1-5H3,(H,45,52)/b12-8-/t23-,24+,25+,26+,30-,31-,39+/m0/s1. The fraction of sp³-hybridized carbons (Fsp3) is 0.650. The molecule has 2 aliphatic heterocycles. The van der Waals surface area contributed by atoms with Crippen molar-refractivity contribution >= 4 is 44.4 Å². The molecule has 0 radical (unpaired) electrons. The summed E-state index contributed by atoms with van der Waals surface area (Å²) >= 11 is 0. The van der Waals surface area contributed by atoms with Crippen LogP contribution in [0.4, 0.5) is 13.2 Å². The highest BCUT2D eigenvalue weighted by atomic mass is 32.2. The van der Waals surface area contributed by atoms with Gasteiger partial charge in [0.05, 0.1) is 46.4 Å². The highest BCUT2D eigenvalue weighted by Gasteiger charge is 2.62. The van der Waals surface area contributed by atoms with E-state index < -0.39 is 98.8 Å². The van der Waals surface area contributed by atoms with E-state index in [1.165, 1.54) is 9.58 Å². The number of nitrogens with one attached hydrogen (secondary N) is 1. The van der Waals surface area contributed by atoms with E-state index in [1.807, 2.05) is 19.1 Å². The predicted octanol–water partition coefficient (Wildman–Crippen LogP) is 5.24. The van der Waals surface area contributed by atoms with E-state index in [9.17, 15) is 45.6 Å². The Morgan fingerprint density at radius 3 is 2.37 bits per heavy atom. The van der Waals surface area contributed by atoms with Crippen LogP contribution in [0.3, 0.4) is 0 Å². The number of hydrogen-bond donors (Lipinski definition) is 1. The van der Waals surface area contributed by atoms with Crippen molar-refractivity contribution in [1.29, 1.82) is 0 Å². The number of aryl methyl sites for hydroxylation is 1. The molecule has 3 heterocycles. The minimum absolute atomic E-state index is 0.00403. The molecular weight excluding hydrogens is 770 g/mol. The zero-order valence-electron chi connectivity index (χ0n) is 32.8. The van der Waals surface area contributed by atoms with Crippen LogP contribution in [0.25, 0.3) is 10.8 Å². The maximum Gasteiger partial charge on any atom is 0.427 e. The number of allylic oxidation sites excluding steroid dienone is 2. The molecule has 6 rings (SSSR count). The molecule has 3 fully saturated rings. The van der Waals surface area contributed by atoms with Crippen LogP contribution >= 0.6 is 0 Å².